The molecule has 0 saturated heterocycles. The maximum Gasteiger partial charge on any atom is 0.331 e. The molecule has 0 heterocycles. The summed E-state index contributed by atoms with van der Waals surface area (Å²) in [4.78, 5) is 23.3. The van der Waals surface area contributed by atoms with Gasteiger partial charge in [-0.3, -0.25) is 4.79 Å². The molecule has 0 aromatic heterocycles. The van der Waals surface area contributed by atoms with Crippen molar-refractivity contribution in [1.29, 1.82) is 0 Å². The number of hydrogen-bond acceptors (Lipinski definition) is 3. The lowest BCUT2D eigenvalue weighted by molar-refractivity contribution is -0.148. The molecule has 6 heteroatoms. The molecule has 4 nitrogen and oxygen atoms in total. The number of rotatable bonds is 4. The molecule has 0 saturated carbocycles. The second-order valence-electron chi connectivity index (χ2n) is 4.45. The molecule has 1 aromatic carbocycles. The Kier molecular flexibility index (Phi) is 6.05. The maximum absolute atomic E-state index is 11.9. The number of anilines is 1. The first-order valence-electron chi connectivity index (χ1n) is 5.90. The van der Waals surface area contributed by atoms with Crippen molar-refractivity contribution in [2.45, 2.75) is 26.9 Å². The number of hydrogen-bond donors (Lipinski definition) is 1. The fourth-order valence-corrected chi connectivity index (χ4v) is 1.89. The van der Waals surface area contributed by atoms with Gasteiger partial charge in [-0.2, -0.15) is 0 Å². The molecule has 1 aromatic rings. The molecule has 1 atom stereocenters. The molecule has 1 amide bonds. The fourth-order valence-electron chi connectivity index (χ4n) is 1.37. The number of benzene rings is 1. The van der Waals surface area contributed by atoms with Gasteiger partial charge in [0.25, 0.3) is 5.91 Å². The first-order chi connectivity index (χ1) is 9.27. The summed E-state index contributed by atoms with van der Waals surface area (Å²) in [5.41, 5.74) is 1.24. The van der Waals surface area contributed by atoms with Crippen LogP contribution in [0.15, 0.2) is 29.8 Å². The Hall–Kier alpha value is -1.52. The summed E-state index contributed by atoms with van der Waals surface area (Å²) >= 11 is 11.7. The van der Waals surface area contributed by atoms with Crippen LogP contribution < -0.4 is 5.32 Å². The van der Waals surface area contributed by atoms with E-state index in [0.29, 0.717) is 15.7 Å². The molecule has 0 aliphatic carbocycles. The third-order valence-corrected chi connectivity index (χ3v) is 2.64. The summed E-state index contributed by atoms with van der Waals surface area (Å²) in [5.74, 6) is -1.02. The highest BCUT2D eigenvalue weighted by molar-refractivity contribution is 6.35. The van der Waals surface area contributed by atoms with Crippen LogP contribution in [0.2, 0.25) is 10.0 Å². The summed E-state index contributed by atoms with van der Waals surface area (Å²) in [6.45, 7) is 5.01. The van der Waals surface area contributed by atoms with Crippen molar-refractivity contribution < 1.29 is 14.3 Å². The van der Waals surface area contributed by atoms with Crippen molar-refractivity contribution in [2.75, 3.05) is 5.32 Å². The molecule has 0 bridgehead atoms. The van der Waals surface area contributed by atoms with Gasteiger partial charge in [-0.25, -0.2) is 4.79 Å². The van der Waals surface area contributed by atoms with Crippen LogP contribution in [0.3, 0.4) is 0 Å². The number of amides is 1. The van der Waals surface area contributed by atoms with Crippen molar-refractivity contribution in [1.82, 2.24) is 0 Å². The molecular formula is C14H15Cl2NO3. The Balaban J connectivity index is 2.66. The van der Waals surface area contributed by atoms with Gasteiger partial charge < -0.3 is 10.1 Å². The maximum atomic E-state index is 11.9. The highest BCUT2D eigenvalue weighted by Crippen LogP contribution is 2.22. The Morgan fingerprint density at radius 2 is 1.75 bits per heavy atom. The number of ether oxygens (including phenoxy) is 1. The van der Waals surface area contributed by atoms with Gasteiger partial charge in [-0.05, 0) is 39.0 Å². The van der Waals surface area contributed by atoms with Crippen molar-refractivity contribution in [2.24, 2.45) is 0 Å². The quantitative estimate of drug-likeness (QED) is 0.678. The van der Waals surface area contributed by atoms with Crippen LogP contribution in [-0.4, -0.2) is 18.0 Å². The summed E-state index contributed by atoms with van der Waals surface area (Å²) in [5, 5.41) is 3.39. The summed E-state index contributed by atoms with van der Waals surface area (Å²) < 4.78 is 4.96. The van der Waals surface area contributed by atoms with Crippen LogP contribution in [0.4, 0.5) is 5.69 Å². The third kappa shape index (κ3) is 5.63. The number of halogens is 2. The van der Waals surface area contributed by atoms with Gasteiger partial charge in [0.05, 0.1) is 0 Å². The Labute approximate surface area is 127 Å². The molecule has 20 heavy (non-hydrogen) atoms. The Morgan fingerprint density at radius 3 is 2.25 bits per heavy atom. The Bertz CT molecular complexity index is 531. The molecule has 108 valence electrons. The standard InChI is InChI=1S/C14H15Cl2NO3/c1-8(2)4-13(18)20-9(3)14(19)17-12-6-10(15)5-11(16)7-12/h4-7,9H,1-3H3,(H,17,19). The van der Waals surface area contributed by atoms with Crippen molar-refractivity contribution in [3.8, 4) is 0 Å². The highest BCUT2D eigenvalue weighted by atomic mass is 35.5. The zero-order valence-corrected chi connectivity index (χ0v) is 12.9. The van der Waals surface area contributed by atoms with Crippen LogP contribution in [0.1, 0.15) is 20.8 Å². The van der Waals surface area contributed by atoms with E-state index in [9.17, 15) is 9.59 Å². The normalized spacial score (nSPS) is 11.4. The second-order valence-corrected chi connectivity index (χ2v) is 5.32. The van der Waals surface area contributed by atoms with Gasteiger partial charge in [0.1, 0.15) is 0 Å². The van der Waals surface area contributed by atoms with E-state index in [1.54, 1.807) is 32.0 Å². The van der Waals surface area contributed by atoms with Crippen LogP contribution >= 0.6 is 23.2 Å². The largest absolute Gasteiger partial charge is 0.449 e. The first kappa shape index (κ1) is 16.5. The minimum absolute atomic E-state index is 0.405. The minimum Gasteiger partial charge on any atom is -0.449 e. The molecule has 0 radical (unpaired) electrons. The van der Waals surface area contributed by atoms with Crippen LogP contribution in [0.5, 0.6) is 0 Å². The number of carbonyl (C=O) groups is 2. The van der Waals surface area contributed by atoms with Crippen LogP contribution in [0, 0.1) is 0 Å². The van der Waals surface area contributed by atoms with Crippen molar-refractivity contribution in [3.05, 3.63) is 39.9 Å². The smallest absolute Gasteiger partial charge is 0.331 e. The van der Waals surface area contributed by atoms with E-state index in [0.717, 1.165) is 5.57 Å². The van der Waals surface area contributed by atoms with Crippen molar-refractivity contribution >= 4 is 40.8 Å². The van der Waals surface area contributed by atoms with Gasteiger partial charge in [-0.1, -0.05) is 28.8 Å². The van der Waals surface area contributed by atoms with E-state index in [2.05, 4.69) is 5.32 Å². The zero-order valence-electron chi connectivity index (χ0n) is 11.4. The number of carbonyl (C=O) groups excluding carboxylic acids is 2. The number of nitrogens with one attached hydrogen (secondary N) is 1. The van der Waals surface area contributed by atoms with Crippen LogP contribution in [0.25, 0.3) is 0 Å². The van der Waals surface area contributed by atoms with E-state index in [1.165, 1.54) is 13.0 Å². The molecule has 0 aliphatic heterocycles. The van der Waals surface area contributed by atoms with E-state index < -0.39 is 18.0 Å². The van der Waals surface area contributed by atoms with Crippen molar-refractivity contribution in [3.63, 3.8) is 0 Å². The third-order valence-electron chi connectivity index (χ3n) is 2.20. The molecule has 0 fully saturated rings. The van der Waals surface area contributed by atoms with E-state index >= 15 is 0 Å². The molecule has 0 spiro atoms. The minimum atomic E-state index is -0.921. The monoisotopic (exact) mass is 315 g/mol. The van der Waals surface area contributed by atoms with Gasteiger partial charge in [0.2, 0.25) is 0 Å². The summed E-state index contributed by atoms with van der Waals surface area (Å²) in [6.07, 6.45) is 0.399. The summed E-state index contributed by atoms with van der Waals surface area (Å²) in [7, 11) is 0. The topological polar surface area (TPSA) is 55.4 Å². The van der Waals surface area contributed by atoms with Gasteiger partial charge in [0, 0.05) is 21.8 Å². The predicted octanol–water partition coefficient (Wildman–Crippen LogP) is 3.83. The average molecular weight is 316 g/mol. The molecule has 1 unspecified atom stereocenters. The number of esters is 1. The first-order valence-corrected chi connectivity index (χ1v) is 6.66. The van der Waals surface area contributed by atoms with E-state index in [4.69, 9.17) is 27.9 Å². The molecule has 1 rings (SSSR count). The van der Waals surface area contributed by atoms with Gasteiger partial charge >= 0.3 is 5.97 Å². The highest BCUT2D eigenvalue weighted by Gasteiger charge is 2.17. The van der Waals surface area contributed by atoms with Gasteiger partial charge in [0.15, 0.2) is 6.10 Å². The fraction of sp³-hybridized carbons (Fsp3) is 0.286. The molecule has 1 N–H and O–H groups in total. The van der Waals surface area contributed by atoms with E-state index in [-0.39, 0.29) is 0 Å². The lowest BCUT2D eigenvalue weighted by Gasteiger charge is -2.13. The SMILES string of the molecule is CC(C)=CC(=O)OC(C)C(=O)Nc1cc(Cl)cc(Cl)c1. The lowest BCUT2D eigenvalue weighted by Crippen LogP contribution is -2.29. The zero-order chi connectivity index (χ0) is 15.3. The average Bonchev–Trinajstić information content (AvgIpc) is 2.25. The lowest BCUT2D eigenvalue weighted by atomic mass is 10.3. The molecular weight excluding hydrogens is 301 g/mol. The second kappa shape index (κ2) is 7.31. The van der Waals surface area contributed by atoms with Crippen LogP contribution in [-0.2, 0) is 14.3 Å². The predicted molar refractivity (Wildman–Crippen MR) is 80.1 cm³/mol. The van der Waals surface area contributed by atoms with E-state index in [1.807, 2.05) is 0 Å². The number of allylic oxidation sites excluding steroid dienone is 1. The van der Waals surface area contributed by atoms with Gasteiger partial charge in [-0.15, -0.1) is 0 Å². The summed E-state index contributed by atoms with van der Waals surface area (Å²) in [6, 6.07) is 4.66. The Morgan fingerprint density at radius 1 is 1.20 bits per heavy atom. The molecule has 0 aliphatic rings.